The van der Waals surface area contributed by atoms with Gasteiger partial charge in [0.05, 0.1) is 5.92 Å². The third-order valence-electron chi connectivity index (χ3n) is 4.12. The van der Waals surface area contributed by atoms with Gasteiger partial charge in [0.1, 0.15) is 0 Å². The number of halogens is 1. The highest BCUT2D eigenvalue weighted by Gasteiger charge is 2.39. The zero-order valence-corrected chi connectivity index (χ0v) is 14.0. The number of nitrogens with two attached hydrogens (primary N) is 1. The number of anilines is 1. The summed E-state index contributed by atoms with van der Waals surface area (Å²) in [5, 5.41) is 15.2. The van der Waals surface area contributed by atoms with Crippen LogP contribution >= 0.6 is 15.9 Å². The van der Waals surface area contributed by atoms with Crippen LogP contribution in [0.2, 0.25) is 0 Å². The minimum Gasteiger partial charge on any atom is -0.481 e. The Kier molecular flexibility index (Phi) is 4.25. The van der Waals surface area contributed by atoms with E-state index in [-0.39, 0.29) is 5.92 Å². The van der Waals surface area contributed by atoms with Crippen molar-refractivity contribution in [1.29, 1.82) is 0 Å². The van der Waals surface area contributed by atoms with Crippen LogP contribution in [0.4, 0.5) is 5.69 Å². The Morgan fingerprint density at radius 2 is 2.13 bits per heavy atom. The van der Waals surface area contributed by atoms with Crippen LogP contribution < -0.4 is 16.4 Å². The Morgan fingerprint density at radius 3 is 2.78 bits per heavy atom. The summed E-state index contributed by atoms with van der Waals surface area (Å²) < 4.78 is 0.956. The first-order chi connectivity index (χ1) is 11.0. The molecule has 0 bridgehead atoms. The molecule has 1 aliphatic carbocycles. The number of hydrogen-bond donors (Lipinski definition) is 4. The number of carbonyl (C=O) groups is 1. The van der Waals surface area contributed by atoms with Gasteiger partial charge in [-0.15, -0.1) is 0 Å². The van der Waals surface area contributed by atoms with Crippen LogP contribution in [0, 0.1) is 5.92 Å². The van der Waals surface area contributed by atoms with Crippen molar-refractivity contribution in [3.8, 4) is 0 Å². The fourth-order valence-electron chi connectivity index (χ4n) is 2.95. The van der Waals surface area contributed by atoms with Crippen LogP contribution in [0.5, 0.6) is 0 Å². The topological polar surface area (TPSA) is 112 Å². The van der Waals surface area contributed by atoms with Crippen molar-refractivity contribution >= 4 is 39.5 Å². The SMILES string of the molecule is NC1=NC2(CCC(C(=O)O)CC2)N=C(Nc2cccc(Br)c2)N1. The molecule has 8 heteroatoms. The molecule has 1 heterocycles. The molecule has 1 fully saturated rings. The first kappa shape index (κ1) is 15.8. The van der Waals surface area contributed by atoms with Gasteiger partial charge >= 0.3 is 5.97 Å². The van der Waals surface area contributed by atoms with E-state index in [4.69, 9.17) is 10.8 Å². The van der Waals surface area contributed by atoms with Crippen molar-refractivity contribution < 1.29 is 9.90 Å². The van der Waals surface area contributed by atoms with E-state index in [1.54, 1.807) is 0 Å². The van der Waals surface area contributed by atoms with Crippen LogP contribution in [-0.2, 0) is 4.79 Å². The third-order valence-corrected chi connectivity index (χ3v) is 4.61. The molecular weight excluding hydrogens is 362 g/mol. The molecule has 1 aromatic rings. The van der Waals surface area contributed by atoms with Crippen molar-refractivity contribution in [3.63, 3.8) is 0 Å². The molecule has 23 heavy (non-hydrogen) atoms. The van der Waals surface area contributed by atoms with E-state index < -0.39 is 11.6 Å². The fraction of sp³-hybridized carbons (Fsp3) is 0.400. The molecule has 5 N–H and O–H groups in total. The fourth-order valence-corrected chi connectivity index (χ4v) is 3.35. The van der Waals surface area contributed by atoms with Crippen LogP contribution in [-0.4, -0.2) is 28.7 Å². The molecule has 0 aromatic heterocycles. The maximum Gasteiger partial charge on any atom is 0.306 e. The first-order valence-electron chi connectivity index (χ1n) is 7.43. The molecule has 122 valence electrons. The Hall–Kier alpha value is -2.09. The number of aliphatic imine (C=N–C) groups is 2. The van der Waals surface area contributed by atoms with Crippen molar-refractivity contribution in [2.24, 2.45) is 21.6 Å². The van der Waals surface area contributed by atoms with Gasteiger partial charge in [-0.05, 0) is 43.9 Å². The number of aliphatic carboxylic acids is 1. The highest BCUT2D eigenvalue weighted by atomic mass is 79.9. The lowest BCUT2D eigenvalue weighted by Gasteiger charge is -2.36. The van der Waals surface area contributed by atoms with E-state index in [9.17, 15) is 4.79 Å². The van der Waals surface area contributed by atoms with Crippen molar-refractivity contribution in [2.45, 2.75) is 31.3 Å². The third kappa shape index (κ3) is 3.64. The Bertz CT molecular complexity index is 680. The molecule has 1 saturated carbocycles. The molecule has 0 saturated heterocycles. The Morgan fingerprint density at radius 1 is 1.39 bits per heavy atom. The van der Waals surface area contributed by atoms with Crippen LogP contribution in [0.3, 0.4) is 0 Å². The predicted molar refractivity (Wildman–Crippen MR) is 92.3 cm³/mol. The maximum atomic E-state index is 11.1. The molecule has 1 spiro atoms. The first-order valence-corrected chi connectivity index (χ1v) is 8.23. The lowest BCUT2D eigenvalue weighted by Crippen LogP contribution is -2.50. The molecule has 0 unspecified atom stereocenters. The van der Waals surface area contributed by atoms with E-state index in [0.717, 1.165) is 10.2 Å². The largest absolute Gasteiger partial charge is 0.481 e. The van der Waals surface area contributed by atoms with Gasteiger partial charge in [-0.3, -0.25) is 10.1 Å². The lowest BCUT2D eigenvalue weighted by atomic mass is 9.82. The molecule has 2 aliphatic rings. The minimum atomic E-state index is -0.748. The van der Waals surface area contributed by atoms with Gasteiger partial charge in [0.25, 0.3) is 0 Å². The van der Waals surface area contributed by atoms with Gasteiger partial charge < -0.3 is 16.2 Å². The monoisotopic (exact) mass is 379 g/mol. The Balaban J connectivity index is 1.77. The molecule has 0 atom stereocenters. The number of guanidine groups is 2. The van der Waals surface area contributed by atoms with E-state index >= 15 is 0 Å². The number of carboxylic acids is 1. The summed E-state index contributed by atoms with van der Waals surface area (Å²) in [6.45, 7) is 0. The number of carboxylic acid groups (broad SMARTS) is 1. The summed E-state index contributed by atoms with van der Waals surface area (Å²) in [7, 11) is 0. The van der Waals surface area contributed by atoms with Crippen LogP contribution in [0.1, 0.15) is 25.7 Å². The molecule has 0 amide bonds. The quantitative estimate of drug-likeness (QED) is 0.628. The van der Waals surface area contributed by atoms with Gasteiger partial charge in [0.2, 0.25) is 5.96 Å². The van der Waals surface area contributed by atoms with E-state index in [1.807, 2.05) is 24.3 Å². The highest BCUT2D eigenvalue weighted by molar-refractivity contribution is 9.10. The van der Waals surface area contributed by atoms with Gasteiger partial charge in [-0.25, -0.2) is 9.98 Å². The second kappa shape index (κ2) is 6.19. The van der Waals surface area contributed by atoms with Crippen LogP contribution in [0.25, 0.3) is 0 Å². The average molecular weight is 380 g/mol. The second-order valence-electron chi connectivity index (χ2n) is 5.81. The van der Waals surface area contributed by atoms with E-state index in [2.05, 4.69) is 36.5 Å². The Labute approximate surface area is 142 Å². The zero-order valence-electron chi connectivity index (χ0n) is 12.4. The van der Waals surface area contributed by atoms with E-state index in [0.29, 0.717) is 37.6 Å². The maximum absolute atomic E-state index is 11.1. The van der Waals surface area contributed by atoms with Gasteiger partial charge in [-0.1, -0.05) is 22.0 Å². The summed E-state index contributed by atoms with van der Waals surface area (Å²) >= 11 is 3.42. The van der Waals surface area contributed by atoms with Crippen molar-refractivity contribution in [1.82, 2.24) is 5.32 Å². The van der Waals surface area contributed by atoms with Gasteiger partial charge in [-0.2, -0.15) is 0 Å². The summed E-state index contributed by atoms with van der Waals surface area (Å²) in [5.41, 5.74) is 6.11. The standard InChI is InChI=1S/C15H18BrN5O2/c16-10-2-1-3-11(8-10)18-14-19-13(17)20-15(21-14)6-4-9(5-7-15)12(22)23/h1-3,8-9H,4-7H2,(H,22,23)(H4,17,18,19,20,21). The van der Waals surface area contributed by atoms with Gasteiger partial charge in [0.15, 0.2) is 11.6 Å². The highest BCUT2D eigenvalue weighted by Crippen LogP contribution is 2.37. The normalized spacial score (nSPS) is 26.9. The summed E-state index contributed by atoms with van der Waals surface area (Å²) in [6.07, 6.45) is 2.27. The second-order valence-corrected chi connectivity index (χ2v) is 6.73. The number of nitrogens with one attached hydrogen (secondary N) is 2. The van der Waals surface area contributed by atoms with E-state index in [1.165, 1.54) is 0 Å². The number of hydrogen-bond acceptors (Lipinski definition) is 6. The molecule has 7 nitrogen and oxygen atoms in total. The summed E-state index contributed by atoms with van der Waals surface area (Å²) in [5.74, 6) is -0.235. The average Bonchev–Trinajstić information content (AvgIpc) is 2.46. The van der Waals surface area contributed by atoms with Crippen molar-refractivity contribution in [3.05, 3.63) is 28.7 Å². The molecular formula is C15H18BrN5O2. The number of benzene rings is 1. The van der Waals surface area contributed by atoms with Gasteiger partial charge in [0, 0.05) is 10.2 Å². The summed E-state index contributed by atoms with van der Waals surface area (Å²) in [6, 6.07) is 7.71. The predicted octanol–water partition coefficient (Wildman–Crippen LogP) is 2.11. The number of nitrogens with zero attached hydrogens (tertiary/aromatic N) is 2. The van der Waals surface area contributed by atoms with Crippen molar-refractivity contribution in [2.75, 3.05) is 5.32 Å². The smallest absolute Gasteiger partial charge is 0.306 e. The lowest BCUT2D eigenvalue weighted by molar-refractivity contribution is -0.143. The number of rotatable bonds is 2. The molecule has 3 rings (SSSR count). The zero-order chi connectivity index (χ0) is 16.4. The molecule has 1 aliphatic heterocycles. The molecule has 0 radical (unpaired) electrons. The molecule has 1 aromatic carbocycles. The van der Waals surface area contributed by atoms with Crippen LogP contribution in [0.15, 0.2) is 38.7 Å². The summed E-state index contributed by atoms with van der Waals surface area (Å²) in [4.78, 5) is 20.2. The minimum absolute atomic E-state index is 0.297.